The number of carbonyl (C=O) groups excluding carboxylic acids is 1. The second kappa shape index (κ2) is 8.36. The van der Waals surface area contributed by atoms with Gasteiger partial charge in [0.1, 0.15) is 0 Å². The van der Waals surface area contributed by atoms with E-state index in [1.54, 1.807) is 6.07 Å². The van der Waals surface area contributed by atoms with Gasteiger partial charge in [-0.05, 0) is 25.0 Å². The van der Waals surface area contributed by atoms with Gasteiger partial charge in [-0.25, -0.2) is 0 Å². The molecule has 0 unspecified atom stereocenters. The first-order valence-corrected chi connectivity index (χ1v) is 6.90. The SMILES string of the molecule is Cl.Cl.O=C(NCC1CNC1)c1ccc(N2CCCC2)nn1. The summed E-state index contributed by atoms with van der Waals surface area (Å²) >= 11 is 0. The Morgan fingerprint density at radius 2 is 1.95 bits per heavy atom. The molecule has 2 aliphatic rings. The molecule has 21 heavy (non-hydrogen) atoms. The fraction of sp³-hybridized carbons (Fsp3) is 0.615. The number of hydrogen-bond donors (Lipinski definition) is 2. The van der Waals surface area contributed by atoms with Gasteiger partial charge in [0.2, 0.25) is 0 Å². The van der Waals surface area contributed by atoms with Crippen molar-refractivity contribution < 1.29 is 4.79 Å². The largest absolute Gasteiger partial charge is 0.355 e. The van der Waals surface area contributed by atoms with Crippen LogP contribution in [0.5, 0.6) is 0 Å². The summed E-state index contributed by atoms with van der Waals surface area (Å²) in [6, 6.07) is 3.65. The fourth-order valence-electron chi connectivity index (χ4n) is 2.38. The van der Waals surface area contributed by atoms with Crippen LogP contribution in [0.4, 0.5) is 5.82 Å². The van der Waals surface area contributed by atoms with E-state index in [9.17, 15) is 4.79 Å². The second-order valence-corrected chi connectivity index (χ2v) is 5.21. The Balaban J connectivity index is 0.00000110. The monoisotopic (exact) mass is 333 g/mol. The first kappa shape index (κ1) is 17.9. The molecular formula is C13H21Cl2N5O. The van der Waals surface area contributed by atoms with Crippen molar-refractivity contribution in [3.8, 4) is 0 Å². The van der Waals surface area contributed by atoms with Gasteiger partial charge in [-0.2, -0.15) is 0 Å². The van der Waals surface area contributed by atoms with E-state index in [2.05, 4.69) is 25.7 Å². The summed E-state index contributed by atoms with van der Waals surface area (Å²) in [4.78, 5) is 14.1. The van der Waals surface area contributed by atoms with Crippen LogP contribution in [0.15, 0.2) is 12.1 Å². The highest BCUT2D eigenvalue weighted by atomic mass is 35.5. The number of anilines is 1. The number of rotatable bonds is 4. The average molecular weight is 334 g/mol. The van der Waals surface area contributed by atoms with Crippen molar-refractivity contribution in [3.05, 3.63) is 17.8 Å². The summed E-state index contributed by atoms with van der Waals surface area (Å²) in [6.45, 7) is 4.75. The van der Waals surface area contributed by atoms with E-state index in [1.165, 1.54) is 12.8 Å². The molecule has 1 amide bonds. The predicted molar refractivity (Wildman–Crippen MR) is 86.7 cm³/mol. The molecular weight excluding hydrogens is 313 g/mol. The predicted octanol–water partition coefficient (Wildman–Crippen LogP) is 0.870. The molecule has 1 aromatic heterocycles. The zero-order valence-corrected chi connectivity index (χ0v) is 13.4. The normalized spacial score (nSPS) is 17.4. The molecule has 0 atom stereocenters. The van der Waals surface area contributed by atoms with Gasteiger partial charge in [-0.1, -0.05) is 0 Å². The van der Waals surface area contributed by atoms with Crippen LogP contribution < -0.4 is 15.5 Å². The van der Waals surface area contributed by atoms with E-state index in [-0.39, 0.29) is 30.7 Å². The smallest absolute Gasteiger partial charge is 0.271 e. The molecule has 2 aliphatic heterocycles. The van der Waals surface area contributed by atoms with E-state index >= 15 is 0 Å². The summed E-state index contributed by atoms with van der Waals surface area (Å²) in [5.41, 5.74) is 0.398. The molecule has 6 nitrogen and oxygen atoms in total. The first-order chi connectivity index (χ1) is 9.33. The minimum atomic E-state index is -0.132. The lowest BCUT2D eigenvalue weighted by molar-refractivity contribution is 0.0936. The highest BCUT2D eigenvalue weighted by Crippen LogP contribution is 2.16. The van der Waals surface area contributed by atoms with Gasteiger partial charge >= 0.3 is 0 Å². The van der Waals surface area contributed by atoms with E-state index in [0.717, 1.165) is 32.0 Å². The molecule has 0 bridgehead atoms. The standard InChI is InChI=1S/C13H19N5O.2ClH/c19-13(15-9-10-7-14-8-10)11-3-4-12(17-16-11)18-5-1-2-6-18;;/h3-4,10,14H,1-2,5-9H2,(H,15,19);2*1H. The third-order valence-electron chi connectivity index (χ3n) is 3.73. The van der Waals surface area contributed by atoms with E-state index in [1.807, 2.05) is 6.07 Å². The zero-order valence-electron chi connectivity index (χ0n) is 11.7. The Kier molecular flexibility index (Phi) is 7.14. The van der Waals surface area contributed by atoms with E-state index < -0.39 is 0 Å². The quantitative estimate of drug-likeness (QED) is 0.855. The van der Waals surface area contributed by atoms with Crippen molar-refractivity contribution >= 4 is 36.5 Å². The molecule has 3 heterocycles. The zero-order chi connectivity index (χ0) is 13.1. The Hall–Kier alpha value is -1.11. The lowest BCUT2D eigenvalue weighted by atomic mass is 10.0. The average Bonchev–Trinajstić information content (AvgIpc) is 2.91. The fourth-order valence-corrected chi connectivity index (χ4v) is 2.38. The van der Waals surface area contributed by atoms with E-state index in [0.29, 0.717) is 18.2 Å². The highest BCUT2D eigenvalue weighted by Gasteiger charge is 2.19. The third-order valence-corrected chi connectivity index (χ3v) is 3.73. The van der Waals surface area contributed by atoms with Crippen LogP contribution in [0.1, 0.15) is 23.3 Å². The van der Waals surface area contributed by atoms with E-state index in [4.69, 9.17) is 0 Å². The van der Waals surface area contributed by atoms with Crippen LogP contribution in [-0.2, 0) is 0 Å². The van der Waals surface area contributed by atoms with Crippen LogP contribution in [0, 0.1) is 5.92 Å². The molecule has 0 aromatic carbocycles. The molecule has 3 rings (SSSR count). The van der Waals surface area contributed by atoms with Crippen molar-refractivity contribution in [2.45, 2.75) is 12.8 Å². The number of nitrogens with one attached hydrogen (secondary N) is 2. The molecule has 1 aromatic rings. The van der Waals surface area contributed by atoms with Crippen molar-refractivity contribution in [1.82, 2.24) is 20.8 Å². The van der Waals surface area contributed by atoms with Gasteiger partial charge in [-0.15, -0.1) is 35.0 Å². The molecule has 0 saturated carbocycles. The van der Waals surface area contributed by atoms with Crippen LogP contribution >= 0.6 is 24.8 Å². The van der Waals surface area contributed by atoms with Crippen LogP contribution in [0.3, 0.4) is 0 Å². The maximum Gasteiger partial charge on any atom is 0.271 e. The second-order valence-electron chi connectivity index (χ2n) is 5.21. The number of amides is 1. The molecule has 2 saturated heterocycles. The van der Waals surface area contributed by atoms with Crippen LogP contribution in [-0.4, -0.2) is 48.8 Å². The van der Waals surface area contributed by atoms with Crippen LogP contribution in [0.2, 0.25) is 0 Å². The molecule has 2 N–H and O–H groups in total. The number of hydrogen-bond acceptors (Lipinski definition) is 5. The number of nitrogens with zero attached hydrogens (tertiary/aromatic N) is 3. The summed E-state index contributed by atoms with van der Waals surface area (Å²) in [7, 11) is 0. The lowest BCUT2D eigenvalue weighted by Crippen LogP contribution is -2.48. The number of carbonyl (C=O) groups is 1. The lowest BCUT2D eigenvalue weighted by Gasteiger charge is -2.26. The van der Waals surface area contributed by atoms with Crippen molar-refractivity contribution in [1.29, 1.82) is 0 Å². The summed E-state index contributed by atoms with van der Waals surface area (Å²) in [6.07, 6.45) is 2.42. The van der Waals surface area contributed by atoms with Crippen molar-refractivity contribution in [2.24, 2.45) is 5.92 Å². The Morgan fingerprint density at radius 1 is 1.24 bits per heavy atom. The molecule has 8 heteroatoms. The minimum Gasteiger partial charge on any atom is -0.355 e. The molecule has 0 aliphatic carbocycles. The maximum atomic E-state index is 11.9. The number of halogens is 2. The Bertz CT molecular complexity index is 446. The first-order valence-electron chi connectivity index (χ1n) is 6.90. The topological polar surface area (TPSA) is 70.2 Å². The van der Waals surface area contributed by atoms with Crippen LogP contribution in [0.25, 0.3) is 0 Å². The molecule has 0 spiro atoms. The molecule has 2 fully saturated rings. The van der Waals surface area contributed by atoms with Gasteiger partial charge in [0, 0.05) is 38.6 Å². The molecule has 118 valence electrons. The van der Waals surface area contributed by atoms with Gasteiger partial charge in [0.05, 0.1) is 0 Å². The van der Waals surface area contributed by atoms with Crippen molar-refractivity contribution in [3.63, 3.8) is 0 Å². The molecule has 0 radical (unpaired) electrons. The van der Waals surface area contributed by atoms with Gasteiger partial charge in [0.15, 0.2) is 11.5 Å². The summed E-state index contributed by atoms with van der Waals surface area (Å²) in [5, 5.41) is 14.2. The minimum absolute atomic E-state index is 0. The number of aromatic nitrogens is 2. The Morgan fingerprint density at radius 3 is 2.48 bits per heavy atom. The summed E-state index contributed by atoms with van der Waals surface area (Å²) < 4.78 is 0. The van der Waals surface area contributed by atoms with Crippen molar-refractivity contribution in [2.75, 3.05) is 37.6 Å². The van der Waals surface area contributed by atoms with Gasteiger partial charge in [-0.3, -0.25) is 4.79 Å². The highest BCUT2D eigenvalue weighted by molar-refractivity contribution is 5.92. The third kappa shape index (κ3) is 4.43. The maximum absolute atomic E-state index is 11.9. The Labute approximate surface area is 136 Å². The van der Waals surface area contributed by atoms with Gasteiger partial charge in [0.25, 0.3) is 5.91 Å². The van der Waals surface area contributed by atoms with Gasteiger partial charge < -0.3 is 15.5 Å². The summed E-state index contributed by atoms with van der Waals surface area (Å²) in [5.74, 6) is 1.30.